The summed E-state index contributed by atoms with van der Waals surface area (Å²) in [5.41, 5.74) is 9.62. The zero-order chi connectivity index (χ0) is 23.7. The number of nitrogen functional groups attached to an aromatic ring is 1. The minimum absolute atomic E-state index is 0.146. The fraction of sp³-hybridized carbons (Fsp3) is 0.259. The lowest BCUT2D eigenvalue weighted by atomic mass is 10.0. The van der Waals surface area contributed by atoms with Crippen LogP contribution >= 0.6 is 11.6 Å². The number of nitrogens with two attached hydrogens (primary N) is 1. The van der Waals surface area contributed by atoms with Crippen LogP contribution in [-0.4, -0.2) is 45.7 Å². The summed E-state index contributed by atoms with van der Waals surface area (Å²) >= 11 is 6.40. The van der Waals surface area contributed by atoms with E-state index in [0.717, 1.165) is 49.2 Å². The van der Waals surface area contributed by atoms with E-state index in [2.05, 4.69) is 14.8 Å². The van der Waals surface area contributed by atoms with Crippen LogP contribution in [0, 0.1) is 5.82 Å². The molecule has 3 aromatic rings. The second-order valence-corrected chi connectivity index (χ2v) is 9.40. The Bertz CT molecular complexity index is 1200. The maximum absolute atomic E-state index is 13.2. The van der Waals surface area contributed by atoms with Crippen molar-refractivity contribution in [2.45, 2.75) is 31.5 Å². The van der Waals surface area contributed by atoms with Crippen molar-refractivity contribution in [3.05, 3.63) is 95.2 Å². The van der Waals surface area contributed by atoms with E-state index in [-0.39, 0.29) is 11.6 Å². The molecule has 2 unspecified atom stereocenters. The predicted molar refractivity (Wildman–Crippen MR) is 133 cm³/mol. The van der Waals surface area contributed by atoms with Crippen molar-refractivity contribution >= 4 is 23.1 Å². The first-order valence-electron chi connectivity index (χ1n) is 11.4. The van der Waals surface area contributed by atoms with Gasteiger partial charge in [-0.3, -0.25) is 14.7 Å². The number of allylic oxidation sites excluding steroid dienone is 1. The van der Waals surface area contributed by atoms with E-state index in [9.17, 15) is 9.18 Å². The molecule has 0 aliphatic carbocycles. The van der Waals surface area contributed by atoms with E-state index >= 15 is 0 Å². The summed E-state index contributed by atoms with van der Waals surface area (Å²) in [6.07, 6.45) is 9.14. The van der Waals surface area contributed by atoms with Crippen LogP contribution < -0.4 is 5.73 Å². The van der Waals surface area contributed by atoms with E-state index in [1.807, 2.05) is 30.5 Å². The van der Waals surface area contributed by atoms with Gasteiger partial charge in [0.2, 0.25) is 0 Å². The van der Waals surface area contributed by atoms with Crippen LogP contribution in [0.3, 0.4) is 0 Å². The number of carbonyl (C=O) groups is 1. The number of rotatable bonds is 6. The largest absolute Gasteiger partial charge is 0.398 e. The molecule has 5 nitrogen and oxygen atoms in total. The van der Waals surface area contributed by atoms with Crippen LogP contribution in [-0.2, 0) is 6.54 Å². The van der Waals surface area contributed by atoms with Crippen LogP contribution in [0.25, 0.3) is 11.1 Å². The number of hydrogen-bond acceptors (Lipinski definition) is 5. The van der Waals surface area contributed by atoms with Crippen molar-refractivity contribution in [2.24, 2.45) is 0 Å². The topological polar surface area (TPSA) is 62.5 Å². The molecule has 2 aliphatic heterocycles. The van der Waals surface area contributed by atoms with Crippen LogP contribution in [0.15, 0.2) is 73.2 Å². The van der Waals surface area contributed by atoms with Gasteiger partial charge in [0.05, 0.1) is 5.02 Å². The maximum atomic E-state index is 13.2. The Morgan fingerprint density at radius 1 is 1.15 bits per heavy atom. The summed E-state index contributed by atoms with van der Waals surface area (Å²) in [6, 6.07) is 14.5. The molecule has 2 aliphatic rings. The molecule has 0 saturated carbocycles. The van der Waals surface area contributed by atoms with E-state index in [4.69, 9.17) is 17.3 Å². The van der Waals surface area contributed by atoms with Gasteiger partial charge in [0.15, 0.2) is 5.78 Å². The standard InChI is InChI=1S/C27H26ClFN4O/c28-25-13-26(30)24(12-23(25)19-2-1-10-31-14-19)27(34)9-11-33-21-7-8-22(33)17-32(16-21)15-18-3-5-20(29)6-4-18/h1-6,9-14,21-22H,7-8,15-17,30H2. The van der Waals surface area contributed by atoms with Gasteiger partial charge in [-0.05, 0) is 48.7 Å². The molecule has 2 atom stereocenters. The lowest BCUT2D eigenvalue weighted by Crippen LogP contribution is -2.50. The highest BCUT2D eigenvalue weighted by Gasteiger charge is 2.38. The van der Waals surface area contributed by atoms with Crippen molar-refractivity contribution in [2.75, 3.05) is 18.8 Å². The summed E-state index contributed by atoms with van der Waals surface area (Å²) in [6.45, 7) is 2.64. The summed E-state index contributed by atoms with van der Waals surface area (Å²) in [5.74, 6) is -0.357. The average molecular weight is 477 g/mol. The minimum Gasteiger partial charge on any atom is -0.398 e. The van der Waals surface area contributed by atoms with Gasteiger partial charge in [0.1, 0.15) is 5.82 Å². The zero-order valence-corrected chi connectivity index (χ0v) is 19.5. The SMILES string of the molecule is Nc1cc(Cl)c(-c2cccnc2)cc1C(=O)C=CN1C2CCC1CN(Cc1ccc(F)cc1)C2. The molecular weight excluding hydrogens is 451 g/mol. The highest BCUT2D eigenvalue weighted by Crippen LogP contribution is 2.33. The van der Waals surface area contributed by atoms with Gasteiger partial charge >= 0.3 is 0 Å². The van der Waals surface area contributed by atoms with Crippen LogP contribution in [0.4, 0.5) is 10.1 Å². The molecule has 3 heterocycles. The van der Waals surface area contributed by atoms with E-state index < -0.39 is 0 Å². The third-order valence-corrected chi connectivity index (χ3v) is 7.02. The van der Waals surface area contributed by atoms with Crippen molar-refractivity contribution in [3.63, 3.8) is 0 Å². The molecule has 0 radical (unpaired) electrons. The van der Waals surface area contributed by atoms with Gasteiger partial charge in [-0.2, -0.15) is 0 Å². The normalized spacial score (nSPS) is 20.2. The van der Waals surface area contributed by atoms with Crippen molar-refractivity contribution in [3.8, 4) is 11.1 Å². The Balaban J connectivity index is 1.29. The van der Waals surface area contributed by atoms with Crippen molar-refractivity contribution in [1.29, 1.82) is 0 Å². The first kappa shape index (κ1) is 22.6. The Morgan fingerprint density at radius 2 is 1.88 bits per heavy atom. The molecule has 2 bridgehead atoms. The molecule has 2 saturated heterocycles. The molecule has 1 aromatic heterocycles. The third-order valence-electron chi connectivity index (χ3n) is 6.71. The molecule has 7 heteroatoms. The average Bonchev–Trinajstić information content (AvgIpc) is 3.07. The zero-order valence-electron chi connectivity index (χ0n) is 18.7. The number of pyridine rings is 1. The van der Waals surface area contributed by atoms with Crippen LogP contribution in [0.5, 0.6) is 0 Å². The summed E-state index contributed by atoms with van der Waals surface area (Å²) in [4.78, 5) is 21.9. The van der Waals surface area contributed by atoms with Gasteiger partial charge < -0.3 is 10.6 Å². The Labute approximate surface area is 203 Å². The number of likely N-dealkylation sites (tertiary alicyclic amines) is 1. The highest BCUT2D eigenvalue weighted by atomic mass is 35.5. The van der Waals surface area contributed by atoms with Crippen molar-refractivity contribution < 1.29 is 9.18 Å². The first-order valence-corrected chi connectivity index (χ1v) is 11.8. The number of nitrogens with zero attached hydrogens (tertiary/aromatic N) is 3. The first-order chi connectivity index (χ1) is 16.5. The molecule has 2 aromatic carbocycles. The van der Waals surface area contributed by atoms with Crippen molar-refractivity contribution in [1.82, 2.24) is 14.8 Å². The summed E-state index contributed by atoms with van der Waals surface area (Å²) < 4.78 is 13.2. The van der Waals surface area contributed by atoms with E-state index in [1.165, 1.54) is 12.1 Å². The minimum atomic E-state index is -0.211. The molecule has 0 amide bonds. The third kappa shape index (κ3) is 4.69. The number of benzene rings is 2. The Morgan fingerprint density at radius 3 is 2.56 bits per heavy atom. The van der Waals surface area contributed by atoms with Gasteiger partial charge in [-0.1, -0.05) is 29.8 Å². The number of aromatic nitrogens is 1. The van der Waals surface area contributed by atoms with Crippen LogP contribution in [0.1, 0.15) is 28.8 Å². The van der Waals surface area contributed by atoms with Gasteiger partial charge in [0.25, 0.3) is 0 Å². The lowest BCUT2D eigenvalue weighted by Gasteiger charge is -2.40. The second kappa shape index (κ2) is 9.57. The van der Waals surface area contributed by atoms with E-state index in [1.54, 1.807) is 30.6 Å². The lowest BCUT2D eigenvalue weighted by molar-refractivity contribution is 0.0967. The highest BCUT2D eigenvalue weighted by molar-refractivity contribution is 6.34. The molecule has 2 N–H and O–H groups in total. The monoisotopic (exact) mass is 476 g/mol. The Kier molecular flexibility index (Phi) is 6.35. The van der Waals surface area contributed by atoms with Crippen LogP contribution in [0.2, 0.25) is 5.02 Å². The summed E-state index contributed by atoms with van der Waals surface area (Å²) in [7, 11) is 0. The molecule has 0 spiro atoms. The number of carbonyl (C=O) groups excluding carboxylic acids is 1. The quantitative estimate of drug-likeness (QED) is 0.302. The number of fused-ring (bicyclic) bond motifs is 2. The fourth-order valence-electron chi connectivity index (χ4n) is 5.03. The summed E-state index contributed by atoms with van der Waals surface area (Å²) in [5, 5.41) is 0.487. The van der Waals surface area contributed by atoms with Gasteiger partial charge in [0, 0.05) is 78.8 Å². The second-order valence-electron chi connectivity index (χ2n) is 8.99. The molecule has 174 valence electrons. The van der Waals surface area contributed by atoms with Gasteiger partial charge in [-0.15, -0.1) is 0 Å². The van der Waals surface area contributed by atoms with Gasteiger partial charge in [-0.25, -0.2) is 4.39 Å². The molecule has 2 fully saturated rings. The molecule has 5 rings (SSSR count). The predicted octanol–water partition coefficient (Wildman–Crippen LogP) is 5.17. The number of piperazine rings is 1. The fourth-order valence-corrected chi connectivity index (χ4v) is 5.31. The number of halogens is 2. The Hall–Kier alpha value is -3.22. The number of hydrogen-bond donors (Lipinski definition) is 1. The van der Waals surface area contributed by atoms with E-state index in [0.29, 0.717) is 28.4 Å². The maximum Gasteiger partial charge on any atom is 0.189 e. The number of anilines is 1. The molecule has 34 heavy (non-hydrogen) atoms. The molecular formula is C27H26ClFN4O. The smallest absolute Gasteiger partial charge is 0.189 e. The number of ketones is 1.